The third-order valence-corrected chi connectivity index (χ3v) is 5.83. The van der Waals surface area contributed by atoms with E-state index in [1.807, 2.05) is 17.6 Å². The van der Waals surface area contributed by atoms with Crippen molar-refractivity contribution in [3.05, 3.63) is 23.7 Å². The third kappa shape index (κ3) is 2.56. The standard InChI is InChI=1S/C8H8N3.C4H9.Sn/c1-6-5-11-8(3-4-9-11)7(2)10-6;1-4(2)3;/h3,5H,1-2H3;1-3H3;. The Bertz CT molecular complexity index is 523. The van der Waals surface area contributed by atoms with Gasteiger partial charge in [-0.25, -0.2) is 0 Å². The van der Waals surface area contributed by atoms with Crippen LogP contribution in [-0.4, -0.2) is 35.7 Å². The van der Waals surface area contributed by atoms with E-state index in [2.05, 4.69) is 43.8 Å². The first kappa shape index (κ1) is 11.9. The zero-order valence-electron chi connectivity index (χ0n) is 10.5. The molecule has 3 nitrogen and oxygen atoms in total. The molecule has 0 aliphatic rings. The molecule has 0 unspecified atom stereocenters. The normalized spacial score (nSPS) is 12.3. The van der Waals surface area contributed by atoms with Crippen LogP contribution in [0.15, 0.2) is 12.3 Å². The molecule has 0 saturated heterocycles. The van der Waals surface area contributed by atoms with Crippen LogP contribution in [0.25, 0.3) is 5.52 Å². The number of aryl methyl sites for hydroxylation is 2. The number of aromatic nitrogens is 3. The Balaban J connectivity index is 2.48. The number of nitrogens with zero attached hydrogens (tertiary/aromatic N) is 3. The van der Waals surface area contributed by atoms with Crippen LogP contribution in [0.5, 0.6) is 0 Å². The topological polar surface area (TPSA) is 30.2 Å². The van der Waals surface area contributed by atoms with Gasteiger partial charge in [0.25, 0.3) is 0 Å². The molecule has 0 atom stereocenters. The first-order valence-electron chi connectivity index (χ1n) is 5.47. The average Bonchev–Trinajstić information content (AvgIpc) is 2.43. The Labute approximate surface area is 106 Å². The van der Waals surface area contributed by atoms with Crippen molar-refractivity contribution in [2.24, 2.45) is 0 Å². The molecule has 0 aliphatic heterocycles. The van der Waals surface area contributed by atoms with Crippen LogP contribution >= 0.6 is 0 Å². The molecule has 16 heavy (non-hydrogen) atoms. The second kappa shape index (κ2) is 4.02. The molecule has 84 valence electrons. The Kier molecular flexibility index (Phi) is 2.99. The summed E-state index contributed by atoms with van der Waals surface area (Å²) >= 11 is -0.615. The van der Waals surface area contributed by atoms with E-state index in [-0.39, 0.29) is 0 Å². The first-order chi connectivity index (χ1) is 7.35. The Hall–Kier alpha value is -0.581. The maximum absolute atomic E-state index is 4.67. The van der Waals surface area contributed by atoms with Gasteiger partial charge in [0.2, 0.25) is 0 Å². The van der Waals surface area contributed by atoms with E-state index >= 15 is 0 Å². The van der Waals surface area contributed by atoms with E-state index in [1.54, 1.807) is 0 Å². The molecule has 2 radical (unpaired) electrons. The zero-order valence-corrected chi connectivity index (χ0v) is 13.4. The molecule has 0 amide bonds. The molecule has 0 spiro atoms. The minimum absolute atomic E-state index is 0.442. The molecular weight excluding hydrogens is 305 g/mol. The fraction of sp³-hybridized carbons (Fsp3) is 0.500. The summed E-state index contributed by atoms with van der Waals surface area (Å²) < 4.78 is 3.74. The van der Waals surface area contributed by atoms with Gasteiger partial charge < -0.3 is 0 Å². The summed E-state index contributed by atoms with van der Waals surface area (Å²) in [6.45, 7) is 11.0. The molecule has 2 aromatic heterocycles. The number of hydrogen-bond donors (Lipinski definition) is 0. The fourth-order valence-electron chi connectivity index (χ4n) is 1.74. The van der Waals surface area contributed by atoms with Crippen LogP contribution in [0.1, 0.15) is 32.2 Å². The molecule has 2 aromatic rings. The summed E-state index contributed by atoms with van der Waals surface area (Å²) in [5, 5.41) is 4.67. The summed E-state index contributed by atoms with van der Waals surface area (Å²) in [5.74, 6) is 0. The Morgan fingerprint density at radius 1 is 1.25 bits per heavy atom. The van der Waals surface area contributed by atoms with Crippen molar-refractivity contribution in [1.29, 1.82) is 0 Å². The predicted molar refractivity (Wildman–Crippen MR) is 67.6 cm³/mol. The number of fused-ring (bicyclic) bond motifs is 1. The van der Waals surface area contributed by atoms with E-state index in [0.29, 0.717) is 3.43 Å². The quantitative estimate of drug-likeness (QED) is 0.751. The molecule has 4 heteroatoms. The fourth-order valence-corrected chi connectivity index (χ4v) is 4.98. The van der Waals surface area contributed by atoms with Gasteiger partial charge in [-0.3, -0.25) is 0 Å². The third-order valence-electron chi connectivity index (χ3n) is 2.26. The van der Waals surface area contributed by atoms with Crippen LogP contribution in [0.2, 0.25) is 3.43 Å². The van der Waals surface area contributed by atoms with E-state index < -0.39 is 21.1 Å². The van der Waals surface area contributed by atoms with Gasteiger partial charge in [-0.2, -0.15) is 0 Å². The van der Waals surface area contributed by atoms with Gasteiger partial charge in [0.05, 0.1) is 0 Å². The van der Waals surface area contributed by atoms with E-state index in [0.717, 1.165) is 16.9 Å². The van der Waals surface area contributed by atoms with Crippen molar-refractivity contribution >= 4 is 30.4 Å². The summed E-state index contributed by atoms with van der Waals surface area (Å²) in [6.07, 6.45) is 2.01. The van der Waals surface area contributed by atoms with E-state index in [9.17, 15) is 0 Å². The van der Waals surface area contributed by atoms with Crippen LogP contribution in [0, 0.1) is 13.8 Å². The van der Waals surface area contributed by atoms with Crippen molar-refractivity contribution in [2.75, 3.05) is 0 Å². The van der Waals surface area contributed by atoms with Crippen molar-refractivity contribution in [3.63, 3.8) is 0 Å². The van der Waals surface area contributed by atoms with Crippen LogP contribution in [0.4, 0.5) is 0 Å². The van der Waals surface area contributed by atoms with Crippen LogP contribution in [0.3, 0.4) is 0 Å². The van der Waals surface area contributed by atoms with Gasteiger partial charge in [0.1, 0.15) is 0 Å². The van der Waals surface area contributed by atoms with Crippen molar-refractivity contribution < 1.29 is 0 Å². The molecule has 0 N–H and O–H groups in total. The molecular formula is C12H17N3Sn. The molecule has 0 saturated carbocycles. The monoisotopic (exact) mass is 323 g/mol. The zero-order chi connectivity index (χ0) is 11.9. The summed E-state index contributed by atoms with van der Waals surface area (Å²) in [5.41, 5.74) is 3.26. The van der Waals surface area contributed by atoms with Crippen molar-refractivity contribution in [3.8, 4) is 0 Å². The van der Waals surface area contributed by atoms with Gasteiger partial charge >= 0.3 is 107 Å². The maximum atomic E-state index is 4.67. The Morgan fingerprint density at radius 3 is 2.56 bits per heavy atom. The van der Waals surface area contributed by atoms with Gasteiger partial charge in [-0.05, 0) is 0 Å². The molecule has 0 bridgehead atoms. The molecule has 2 rings (SSSR count). The first-order valence-corrected chi connectivity index (χ1v) is 8.32. The summed E-state index contributed by atoms with van der Waals surface area (Å²) in [7, 11) is 0. The predicted octanol–water partition coefficient (Wildman–Crippen LogP) is 1.89. The molecule has 0 aromatic carbocycles. The Morgan fingerprint density at radius 2 is 1.94 bits per heavy atom. The average molecular weight is 322 g/mol. The van der Waals surface area contributed by atoms with Crippen LogP contribution < -0.4 is 3.71 Å². The second-order valence-corrected chi connectivity index (χ2v) is 11.7. The molecule has 0 aliphatic carbocycles. The van der Waals surface area contributed by atoms with Crippen molar-refractivity contribution in [2.45, 2.75) is 38.0 Å². The van der Waals surface area contributed by atoms with Crippen molar-refractivity contribution in [1.82, 2.24) is 14.6 Å². The summed E-state index contributed by atoms with van der Waals surface area (Å²) in [4.78, 5) is 4.47. The SMILES string of the molecule is Cc1cn2n[c]([Sn][C](C)(C)C)cc2c(C)n1. The van der Waals surface area contributed by atoms with Crippen LogP contribution in [-0.2, 0) is 0 Å². The molecule has 0 fully saturated rings. The van der Waals surface area contributed by atoms with E-state index in [4.69, 9.17) is 0 Å². The van der Waals surface area contributed by atoms with E-state index in [1.165, 1.54) is 3.71 Å². The number of rotatable bonds is 1. The molecule has 2 heterocycles. The minimum atomic E-state index is -0.615. The van der Waals surface area contributed by atoms with Gasteiger partial charge in [-0.1, -0.05) is 0 Å². The van der Waals surface area contributed by atoms with Gasteiger partial charge in [0.15, 0.2) is 0 Å². The number of hydrogen-bond acceptors (Lipinski definition) is 2. The summed E-state index contributed by atoms with van der Waals surface area (Å²) in [6, 6.07) is 2.22. The van der Waals surface area contributed by atoms with Gasteiger partial charge in [0, 0.05) is 0 Å². The van der Waals surface area contributed by atoms with Gasteiger partial charge in [-0.15, -0.1) is 0 Å². The second-order valence-electron chi connectivity index (χ2n) is 5.20.